The first-order valence-electron chi connectivity index (χ1n) is 7.02. The maximum absolute atomic E-state index is 11.0. The molecule has 2 rings (SSSR count). The van der Waals surface area contributed by atoms with Gasteiger partial charge in [0, 0.05) is 22.2 Å². The van der Waals surface area contributed by atoms with Gasteiger partial charge in [0.1, 0.15) is 5.75 Å². The molecule has 112 valence electrons. The van der Waals surface area contributed by atoms with Gasteiger partial charge in [-0.15, -0.1) is 0 Å². The quantitative estimate of drug-likeness (QED) is 0.356. The lowest BCUT2D eigenvalue weighted by Gasteiger charge is -2.10. The Morgan fingerprint density at radius 1 is 1.10 bits per heavy atom. The third-order valence-corrected chi connectivity index (χ3v) is 3.63. The molecule has 2 aromatic carbocycles. The zero-order valence-corrected chi connectivity index (χ0v) is 12.5. The van der Waals surface area contributed by atoms with Crippen molar-refractivity contribution < 1.29 is 9.53 Å². The second-order valence-electron chi connectivity index (χ2n) is 4.82. The Bertz CT molecular complexity index is 616. The molecule has 3 N–H and O–H groups in total. The molecule has 5 heteroatoms. The van der Waals surface area contributed by atoms with Gasteiger partial charge in [0.05, 0.1) is 6.61 Å². The lowest BCUT2D eigenvalue weighted by Crippen LogP contribution is -2.29. The topological polar surface area (TPSA) is 64.3 Å². The van der Waals surface area contributed by atoms with Crippen LogP contribution in [0.5, 0.6) is 5.75 Å². The summed E-state index contributed by atoms with van der Waals surface area (Å²) in [6, 6.07) is 11.7. The SMILES string of the molecule is NNC(=O)CCCCCOc1ccc(Cl)c2ccccc12. The zero-order chi connectivity index (χ0) is 15.1. The van der Waals surface area contributed by atoms with E-state index in [-0.39, 0.29) is 5.91 Å². The van der Waals surface area contributed by atoms with Gasteiger partial charge >= 0.3 is 0 Å². The van der Waals surface area contributed by atoms with E-state index in [0.29, 0.717) is 13.0 Å². The molecular weight excluding hydrogens is 288 g/mol. The molecule has 0 aliphatic carbocycles. The van der Waals surface area contributed by atoms with Gasteiger partial charge in [-0.3, -0.25) is 10.2 Å². The molecule has 0 radical (unpaired) electrons. The second-order valence-corrected chi connectivity index (χ2v) is 5.22. The average molecular weight is 307 g/mol. The highest BCUT2D eigenvalue weighted by Crippen LogP contribution is 2.31. The minimum atomic E-state index is -0.125. The van der Waals surface area contributed by atoms with Crippen LogP contribution < -0.4 is 16.0 Å². The van der Waals surface area contributed by atoms with E-state index in [2.05, 4.69) is 5.43 Å². The highest BCUT2D eigenvalue weighted by atomic mass is 35.5. The first kappa shape index (κ1) is 15.6. The second kappa shape index (κ2) is 7.86. The smallest absolute Gasteiger partial charge is 0.233 e. The Hall–Kier alpha value is -1.78. The van der Waals surface area contributed by atoms with E-state index in [1.165, 1.54) is 0 Å². The highest BCUT2D eigenvalue weighted by Gasteiger charge is 2.05. The number of halogens is 1. The van der Waals surface area contributed by atoms with Crippen LogP contribution in [0, 0.1) is 0 Å². The number of benzene rings is 2. The van der Waals surface area contributed by atoms with Crippen molar-refractivity contribution in [1.29, 1.82) is 0 Å². The molecule has 0 aromatic heterocycles. The first-order chi connectivity index (χ1) is 10.2. The number of rotatable bonds is 7. The molecular formula is C16H19ClN2O2. The number of carbonyl (C=O) groups is 1. The van der Waals surface area contributed by atoms with Crippen molar-refractivity contribution in [2.75, 3.05) is 6.61 Å². The normalized spacial score (nSPS) is 10.6. The molecule has 0 atom stereocenters. The van der Waals surface area contributed by atoms with Gasteiger partial charge in [-0.2, -0.15) is 0 Å². The Balaban J connectivity index is 1.84. The standard InChI is InChI=1S/C16H19ClN2O2/c17-14-9-10-15(13-7-4-3-6-12(13)14)21-11-5-1-2-8-16(20)19-18/h3-4,6-7,9-10H,1-2,5,8,11,18H2,(H,19,20). The third-order valence-electron chi connectivity index (χ3n) is 3.30. The number of fused-ring (bicyclic) bond motifs is 1. The van der Waals surface area contributed by atoms with Crippen molar-refractivity contribution in [3.8, 4) is 5.75 Å². The van der Waals surface area contributed by atoms with E-state index in [1.54, 1.807) is 0 Å². The van der Waals surface area contributed by atoms with Crippen molar-refractivity contribution in [3.63, 3.8) is 0 Å². The van der Waals surface area contributed by atoms with Gasteiger partial charge in [0.25, 0.3) is 0 Å². The molecule has 0 saturated carbocycles. The van der Waals surface area contributed by atoms with E-state index in [9.17, 15) is 4.79 Å². The van der Waals surface area contributed by atoms with Crippen LogP contribution >= 0.6 is 11.6 Å². The molecule has 1 amide bonds. The molecule has 0 bridgehead atoms. The minimum absolute atomic E-state index is 0.125. The largest absolute Gasteiger partial charge is 0.493 e. The van der Waals surface area contributed by atoms with Crippen LogP contribution in [-0.4, -0.2) is 12.5 Å². The fourth-order valence-corrected chi connectivity index (χ4v) is 2.41. The van der Waals surface area contributed by atoms with Gasteiger partial charge in [0.2, 0.25) is 5.91 Å². The number of hydrogen-bond acceptors (Lipinski definition) is 3. The number of ether oxygens (including phenoxy) is 1. The highest BCUT2D eigenvalue weighted by molar-refractivity contribution is 6.35. The third kappa shape index (κ3) is 4.34. The lowest BCUT2D eigenvalue weighted by molar-refractivity contribution is -0.121. The summed E-state index contributed by atoms with van der Waals surface area (Å²) in [7, 11) is 0. The molecule has 0 heterocycles. The minimum Gasteiger partial charge on any atom is -0.493 e. The van der Waals surface area contributed by atoms with Gasteiger partial charge in [-0.25, -0.2) is 5.84 Å². The van der Waals surface area contributed by atoms with Crippen molar-refractivity contribution in [2.24, 2.45) is 5.84 Å². The van der Waals surface area contributed by atoms with Crippen molar-refractivity contribution in [1.82, 2.24) is 5.43 Å². The van der Waals surface area contributed by atoms with E-state index >= 15 is 0 Å². The Morgan fingerprint density at radius 3 is 2.62 bits per heavy atom. The number of hydrogen-bond donors (Lipinski definition) is 2. The zero-order valence-electron chi connectivity index (χ0n) is 11.8. The summed E-state index contributed by atoms with van der Waals surface area (Å²) in [6.07, 6.45) is 3.10. The van der Waals surface area contributed by atoms with Crippen molar-refractivity contribution in [2.45, 2.75) is 25.7 Å². The van der Waals surface area contributed by atoms with Gasteiger partial charge in [0.15, 0.2) is 0 Å². The van der Waals surface area contributed by atoms with Crippen molar-refractivity contribution >= 4 is 28.3 Å². The predicted molar refractivity (Wildman–Crippen MR) is 85.3 cm³/mol. The summed E-state index contributed by atoms with van der Waals surface area (Å²) in [5.41, 5.74) is 2.12. The van der Waals surface area contributed by atoms with E-state index in [1.807, 2.05) is 36.4 Å². The fourth-order valence-electron chi connectivity index (χ4n) is 2.18. The molecule has 0 aliphatic heterocycles. The van der Waals surface area contributed by atoms with Crippen LogP contribution in [0.4, 0.5) is 0 Å². The number of carbonyl (C=O) groups excluding carboxylic acids is 1. The summed E-state index contributed by atoms with van der Waals surface area (Å²) in [4.78, 5) is 11.0. The van der Waals surface area contributed by atoms with Gasteiger partial charge < -0.3 is 4.74 Å². The molecule has 4 nitrogen and oxygen atoms in total. The molecule has 0 unspecified atom stereocenters. The average Bonchev–Trinajstić information content (AvgIpc) is 2.52. The number of amides is 1. The summed E-state index contributed by atoms with van der Waals surface area (Å²) >= 11 is 6.17. The molecule has 0 fully saturated rings. The molecule has 0 saturated heterocycles. The van der Waals surface area contributed by atoms with Crippen LogP contribution in [0.1, 0.15) is 25.7 Å². The Labute approximate surface area is 129 Å². The molecule has 0 spiro atoms. The van der Waals surface area contributed by atoms with Crippen LogP contribution in [0.25, 0.3) is 10.8 Å². The monoisotopic (exact) mass is 306 g/mol. The van der Waals surface area contributed by atoms with Gasteiger partial charge in [-0.1, -0.05) is 35.9 Å². The summed E-state index contributed by atoms with van der Waals surface area (Å²) in [5.74, 6) is 5.74. The lowest BCUT2D eigenvalue weighted by atomic mass is 10.1. The molecule has 21 heavy (non-hydrogen) atoms. The maximum Gasteiger partial charge on any atom is 0.233 e. The summed E-state index contributed by atoms with van der Waals surface area (Å²) in [5, 5.41) is 2.74. The number of nitrogens with two attached hydrogens (primary N) is 1. The number of unbranched alkanes of at least 4 members (excludes halogenated alkanes) is 2. The first-order valence-corrected chi connectivity index (χ1v) is 7.39. The number of hydrazine groups is 1. The van der Waals surface area contributed by atoms with Crippen LogP contribution in [-0.2, 0) is 4.79 Å². The summed E-state index contributed by atoms with van der Waals surface area (Å²) in [6.45, 7) is 0.621. The number of nitrogens with one attached hydrogen (secondary N) is 1. The van der Waals surface area contributed by atoms with Crippen LogP contribution in [0.15, 0.2) is 36.4 Å². The maximum atomic E-state index is 11.0. The Kier molecular flexibility index (Phi) is 5.84. The Morgan fingerprint density at radius 2 is 1.86 bits per heavy atom. The van der Waals surface area contributed by atoms with E-state index in [4.69, 9.17) is 22.2 Å². The predicted octanol–water partition coefficient (Wildman–Crippen LogP) is 3.42. The van der Waals surface area contributed by atoms with E-state index in [0.717, 1.165) is 40.8 Å². The van der Waals surface area contributed by atoms with E-state index < -0.39 is 0 Å². The van der Waals surface area contributed by atoms with Crippen LogP contribution in [0.2, 0.25) is 5.02 Å². The fraction of sp³-hybridized carbons (Fsp3) is 0.312. The molecule has 0 aliphatic rings. The van der Waals surface area contributed by atoms with Crippen molar-refractivity contribution in [3.05, 3.63) is 41.4 Å². The van der Waals surface area contributed by atoms with Gasteiger partial charge in [-0.05, 0) is 31.4 Å². The van der Waals surface area contributed by atoms with Crippen LogP contribution in [0.3, 0.4) is 0 Å². The molecule has 2 aromatic rings. The summed E-state index contributed by atoms with van der Waals surface area (Å²) < 4.78 is 5.82.